The van der Waals surface area contributed by atoms with Gasteiger partial charge in [-0.25, -0.2) is 19.8 Å². The van der Waals surface area contributed by atoms with Crippen molar-refractivity contribution in [1.29, 1.82) is 0 Å². The first kappa shape index (κ1) is 48.1. The van der Waals surface area contributed by atoms with Gasteiger partial charge in [0.05, 0.1) is 40.0 Å². The summed E-state index contributed by atoms with van der Waals surface area (Å²) in [6, 6.07) is 61.2. The summed E-state index contributed by atoms with van der Waals surface area (Å²) in [5, 5.41) is 4.52. The zero-order valence-electron chi connectivity index (χ0n) is 44.8. The third-order valence-electron chi connectivity index (χ3n) is 14.8. The van der Waals surface area contributed by atoms with Crippen molar-refractivity contribution < 1.29 is 0 Å². The molecule has 0 aliphatic heterocycles. The van der Waals surface area contributed by atoms with Gasteiger partial charge in [0.15, 0.2) is 23.2 Å². The molecule has 0 spiro atoms. The number of fused-ring (bicyclic) bond motifs is 6. The molecule has 0 amide bonds. The Kier molecular flexibility index (Phi) is 11.4. The fraction of sp³-hybridized carbons (Fsp3) is 0.235. The van der Waals surface area contributed by atoms with Crippen molar-refractivity contribution in [2.24, 2.45) is 0 Å². The topological polar surface area (TPSA) is 52.9 Å². The van der Waals surface area contributed by atoms with Gasteiger partial charge in [-0.2, -0.15) is 0 Å². The first-order valence-electron chi connectivity index (χ1n) is 25.9. The molecule has 3 aromatic heterocycles. The Balaban J connectivity index is 1.24. The van der Waals surface area contributed by atoms with Crippen LogP contribution in [0.4, 0.5) is 5.69 Å². The molecule has 3 heterocycles. The van der Waals surface area contributed by atoms with E-state index in [1.54, 1.807) is 0 Å². The van der Waals surface area contributed by atoms with Gasteiger partial charge in [0.1, 0.15) is 0 Å². The third kappa shape index (κ3) is 8.54. The van der Waals surface area contributed by atoms with Crippen LogP contribution in [0.5, 0.6) is 0 Å². The van der Waals surface area contributed by atoms with Crippen LogP contribution in [-0.4, -0.2) is 24.1 Å². The first-order chi connectivity index (χ1) is 35.2. The van der Waals surface area contributed by atoms with Crippen molar-refractivity contribution >= 4 is 49.3 Å². The van der Waals surface area contributed by atoms with Crippen LogP contribution < -0.4 is 0 Å². The Morgan fingerprint density at radius 3 is 1.16 bits per heavy atom. The quantitative estimate of drug-likeness (QED) is 0.156. The average molecular weight is 965 g/mol. The Morgan fingerprint density at radius 2 is 0.716 bits per heavy atom. The maximum Gasteiger partial charge on any atom is 0.188 e. The molecule has 366 valence electrons. The van der Waals surface area contributed by atoms with Crippen molar-refractivity contribution in [3.05, 3.63) is 204 Å². The molecule has 11 rings (SSSR count). The molecule has 6 nitrogen and oxygen atoms in total. The van der Waals surface area contributed by atoms with Crippen molar-refractivity contribution in [3.63, 3.8) is 0 Å². The summed E-state index contributed by atoms with van der Waals surface area (Å²) >= 11 is 0. The Labute approximate surface area is 436 Å². The van der Waals surface area contributed by atoms with Gasteiger partial charge < -0.3 is 9.13 Å². The minimum absolute atomic E-state index is 0.115. The minimum atomic E-state index is -0.115. The number of para-hydroxylation sites is 4. The fourth-order valence-electron chi connectivity index (χ4n) is 10.5. The molecule has 0 saturated carbocycles. The van der Waals surface area contributed by atoms with Crippen molar-refractivity contribution in [2.45, 2.75) is 105 Å². The lowest BCUT2D eigenvalue weighted by Crippen LogP contribution is -2.17. The molecule has 74 heavy (non-hydrogen) atoms. The normalized spacial score (nSPS) is 12.6. The zero-order chi connectivity index (χ0) is 52.1. The second kappa shape index (κ2) is 17.5. The number of benzene rings is 8. The molecule has 0 atom stereocenters. The second-order valence-corrected chi connectivity index (χ2v) is 24.2. The lowest BCUT2D eigenvalue weighted by Gasteiger charge is -2.26. The molecule has 0 fully saturated rings. The number of hydrogen-bond donors (Lipinski definition) is 0. The summed E-state index contributed by atoms with van der Waals surface area (Å²) < 4.78 is 4.77. The van der Waals surface area contributed by atoms with E-state index in [1.165, 1.54) is 33.0 Å². The molecule has 6 heteroatoms. The monoisotopic (exact) mass is 965 g/mol. The fourth-order valence-corrected chi connectivity index (χ4v) is 10.5. The van der Waals surface area contributed by atoms with Gasteiger partial charge in [-0.1, -0.05) is 174 Å². The molecule has 0 unspecified atom stereocenters. The molecule has 0 radical (unpaired) electrons. The molecule has 0 aliphatic carbocycles. The van der Waals surface area contributed by atoms with Crippen LogP contribution in [0.2, 0.25) is 0 Å². The number of nitrogens with zero attached hydrogens (tertiary/aromatic N) is 6. The van der Waals surface area contributed by atoms with Crippen LogP contribution in [0.15, 0.2) is 170 Å². The molecular formula is C68H64N6. The highest BCUT2D eigenvalue weighted by atomic mass is 15.0. The van der Waals surface area contributed by atoms with E-state index < -0.39 is 0 Å². The summed E-state index contributed by atoms with van der Waals surface area (Å²) in [6.45, 7) is 35.2. The minimum Gasteiger partial charge on any atom is -0.309 e. The van der Waals surface area contributed by atoms with Crippen LogP contribution in [0, 0.1) is 6.57 Å². The van der Waals surface area contributed by atoms with Gasteiger partial charge >= 0.3 is 0 Å². The van der Waals surface area contributed by atoms with Crippen LogP contribution in [-0.2, 0) is 21.7 Å². The number of aromatic nitrogens is 5. The highest BCUT2D eigenvalue weighted by Crippen LogP contribution is 2.44. The zero-order valence-corrected chi connectivity index (χ0v) is 44.8. The number of hydrogen-bond acceptors (Lipinski definition) is 3. The summed E-state index contributed by atoms with van der Waals surface area (Å²) in [7, 11) is 0. The van der Waals surface area contributed by atoms with E-state index in [9.17, 15) is 0 Å². The van der Waals surface area contributed by atoms with Gasteiger partial charge in [0, 0.05) is 44.0 Å². The predicted molar refractivity (Wildman–Crippen MR) is 311 cm³/mol. The summed E-state index contributed by atoms with van der Waals surface area (Å²) in [4.78, 5) is 20.4. The van der Waals surface area contributed by atoms with Crippen LogP contribution in [0.25, 0.3) is 105 Å². The highest BCUT2D eigenvalue weighted by Gasteiger charge is 2.27. The smallest absolute Gasteiger partial charge is 0.188 e. The lowest BCUT2D eigenvalue weighted by molar-refractivity contribution is 0.568. The Hall–Kier alpha value is -8.14. The van der Waals surface area contributed by atoms with Crippen molar-refractivity contribution in [2.75, 3.05) is 0 Å². The summed E-state index contributed by atoms with van der Waals surface area (Å²) in [6.07, 6.45) is 0. The Morgan fingerprint density at radius 1 is 0.338 bits per heavy atom. The summed E-state index contributed by atoms with van der Waals surface area (Å²) in [5.74, 6) is 1.86. The van der Waals surface area contributed by atoms with E-state index in [2.05, 4.69) is 255 Å². The van der Waals surface area contributed by atoms with E-state index in [1.807, 2.05) is 12.1 Å². The lowest BCUT2D eigenvalue weighted by atomic mass is 9.79. The van der Waals surface area contributed by atoms with Crippen LogP contribution >= 0.6 is 0 Å². The maximum absolute atomic E-state index is 7.95. The highest BCUT2D eigenvalue weighted by molar-refractivity contribution is 6.12. The number of rotatable bonds is 6. The van der Waals surface area contributed by atoms with Crippen LogP contribution in [0.3, 0.4) is 0 Å². The SMILES string of the molecule is [C-]#[N+]c1ccc2c(c1)c1ccccc1n2-c1ccc(-c2nc(-c3cc(C(C)(C)C)cc(C(C)(C)C)c3)nc(-c3cc(C(C)(C)C)cc(C(C)(C)C)c3)n2)cc1-c1ccccc1-n1c2ccccc2c2ccccc21. The molecular weight excluding hydrogens is 901 g/mol. The van der Waals surface area contributed by atoms with Gasteiger partial charge in [-0.15, -0.1) is 0 Å². The van der Waals surface area contributed by atoms with Gasteiger partial charge in [-0.3, -0.25) is 0 Å². The van der Waals surface area contributed by atoms with Gasteiger partial charge in [0.2, 0.25) is 0 Å². The first-order valence-corrected chi connectivity index (χ1v) is 25.9. The summed E-state index contributed by atoms with van der Waals surface area (Å²) in [5.41, 5.74) is 16.3. The largest absolute Gasteiger partial charge is 0.309 e. The van der Waals surface area contributed by atoms with Crippen molar-refractivity contribution in [3.8, 4) is 56.7 Å². The van der Waals surface area contributed by atoms with Gasteiger partial charge in [-0.05, 0) is 128 Å². The molecule has 0 N–H and O–H groups in total. The van der Waals surface area contributed by atoms with E-state index in [4.69, 9.17) is 21.5 Å². The molecule has 8 aromatic carbocycles. The molecule has 11 aromatic rings. The van der Waals surface area contributed by atoms with Crippen LogP contribution in [0.1, 0.15) is 105 Å². The van der Waals surface area contributed by atoms with Crippen molar-refractivity contribution in [1.82, 2.24) is 24.1 Å². The van der Waals surface area contributed by atoms with E-state index in [-0.39, 0.29) is 21.7 Å². The van der Waals surface area contributed by atoms with E-state index >= 15 is 0 Å². The third-order valence-corrected chi connectivity index (χ3v) is 14.8. The Bertz CT molecular complexity index is 3860. The maximum atomic E-state index is 7.95. The average Bonchev–Trinajstić information content (AvgIpc) is 3.90. The predicted octanol–water partition coefficient (Wildman–Crippen LogP) is 18.5. The van der Waals surface area contributed by atoms with E-state index in [0.29, 0.717) is 23.2 Å². The molecule has 0 aliphatic rings. The molecule has 0 saturated heterocycles. The van der Waals surface area contributed by atoms with E-state index in [0.717, 1.165) is 72.0 Å². The standard InChI is InChI=1S/C68H64N6/c1-65(2,3)45-34-43(35-46(39-45)66(4,5)6)63-70-62(71-64(72-63)44-36-47(67(7,8)9)40-48(37-44)68(10,11)12)42-30-32-60(74-59-29-21-17-25-53(59)55-41-49(69-13)31-33-61(55)74)54(38-42)52-24-16-20-28-58(52)73-56-26-18-14-22-50(56)51-23-15-19-27-57(51)73/h14-41H,1-12H3. The second-order valence-electron chi connectivity index (χ2n) is 24.2. The van der Waals surface area contributed by atoms with Gasteiger partial charge in [0.25, 0.3) is 0 Å². The molecule has 0 bridgehead atoms.